The number of rotatable bonds is 12. The summed E-state index contributed by atoms with van der Waals surface area (Å²) in [4.78, 5) is 31.8. The lowest BCUT2D eigenvalue weighted by atomic mass is 9.97. The summed E-state index contributed by atoms with van der Waals surface area (Å²) in [6.45, 7) is 6.86. The highest BCUT2D eigenvalue weighted by molar-refractivity contribution is 7.08. The van der Waals surface area contributed by atoms with Crippen LogP contribution in [0, 0.1) is 6.92 Å². The quantitative estimate of drug-likeness (QED) is 0.380. The minimum atomic E-state index is -0.279. The number of hydrogen-bond donors (Lipinski definition) is 2. The molecule has 2 N–H and O–H groups in total. The molecule has 7 nitrogen and oxygen atoms in total. The molecule has 0 aliphatic carbocycles. The van der Waals surface area contributed by atoms with Gasteiger partial charge in [-0.3, -0.25) is 9.59 Å². The molecule has 3 heterocycles. The Morgan fingerprint density at radius 1 is 1.31 bits per heavy atom. The van der Waals surface area contributed by atoms with E-state index >= 15 is 0 Å². The third-order valence-corrected chi connectivity index (χ3v) is 7.69. The lowest BCUT2D eigenvalue weighted by molar-refractivity contribution is -0.122. The summed E-state index contributed by atoms with van der Waals surface area (Å²) < 4.78 is 5.10. The summed E-state index contributed by atoms with van der Waals surface area (Å²) in [5.41, 5.74) is 2.11. The number of hydrogen-bond acceptors (Lipinski definition) is 7. The fourth-order valence-corrected chi connectivity index (χ4v) is 5.74. The molecule has 2 atom stereocenters. The Kier molecular flexibility index (Phi) is 10.9. The minimum absolute atomic E-state index is 0.122. The number of amides is 1. The van der Waals surface area contributed by atoms with Crippen molar-refractivity contribution in [1.29, 1.82) is 0 Å². The predicted octanol–water partition coefficient (Wildman–Crippen LogP) is 4.67. The van der Waals surface area contributed by atoms with Crippen molar-refractivity contribution in [2.24, 2.45) is 0 Å². The number of nitrogens with one attached hydrogen (secondary N) is 2. The van der Waals surface area contributed by atoms with E-state index in [2.05, 4.69) is 27.4 Å². The van der Waals surface area contributed by atoms with Crippen LogP contribution >= 0.6 is 34.5 Å². The van der Waals surface area contributed by atoms with Crippen molar-refractivity contribution in [2.45, 2.75) is 57.7 Å². The van der Waals surface area contributed by atoms with Crippen molar-refractivity contribution in [3.05, 3.63) is 49.9 Å². The van der Waals surface area contributed by atoms with E-state index in [0.717, 1.165) is 37.9 Å². The number of carbonyl (C=O) groups excluding carboxylic acids is 2. The zero-order valence-corrected chi connectivity index (χ0v) is 22.8. The predicted molar refractivity (Wildman–Crippen MR) is 142 cm³/mol. The zero-order chi connectivity index (χ0) is 25.4. The van der Waals surface area contributed by atoms with E-state index in [-0.39, 0.29) is 34.1 Å². The van der Waals surface area contributed by atoms with Gasteiger partial charge in [0, 0.05) is 32.2 Å². The summed E-state index contributed by atoms with van der Waals surface area (Å²) in [5, 5.41) is 11.0. The van der Waals surface area contributed by atoms with E-state index in [1.54, 1.807) is 31.4 Å². The molecule has 0 saturated carbocycles. The van der Waals surface area contributed by atoms with Crippen LogP contribution in [0.15, 0.2) is 22.9 Å². The van der Waals surface area contributed by atoms with Gasteiger partial charge in [-0.2, -0.15) is 11.3 Å². The fourth-order valence-electron chi connectivity index (χ4n) is 4.44. The van der Waals surface area contributed by atoms with Gasteiger partial charge in [0.1, 0.15) is 10.3 Å². The second-order valence-electron chi connectivity index (χ2n) is 9.00. The molecule has 0 spiro atoms. The second kappa shape index (κ2) is 13.7. The van der Waals surface area contributed by atoms with E-state index in [4.69, 9.17) is 27.9 Å². The van der Waals surface area contributed by atoms with E-state index < -0.39 is 0 Å². The molecule has 0 radical (unpaired) electrons. The third-order valence-electron chi connectivity index (χ3n) is 6.52. The first kappa shape index (κ1) is 28.0. The van der Waals surface area contributed by atoms with Crippen LogP contribution in [0.1, 0.15) is 60.1 Å². The van der Waals surface area contributed by atoms with Gasteiger partial charge in [-0.25, -0.2) is 4.98 Å². The SMILES string of the molecule is COCCC(=O)C(NC1CCN([C@H](C)CCNC(=O)c2c(C)cc(Cl)nc2Cl)CC1)c1ccsc1. The number of aromatic nitrogens is 1. The number of thiophene rings is 1. The normalized spacial score (nSPS) is 16.7. The van der Waals surface area contributed by atoms with Gasteiger partial charge in [-0.05, 0) is 80.2 Å². The molecule has 1 aliphatic heterocycles. The van der Waals surface area contributed by atoms with Gasteiger partial charge in [-0.15, -0.1) is 0 Å². The molecular formula is C25H34Cl2N4O3S. The standard InChI is InChI=1S/C25H34Cl2N4O3S/c1-16-14-21(26)30-24(27)22(16)25(33)28-9-4-17(2)31-10-5-19(6-11-31)29-23(18-8-13-35-15-18)20(32)7-12-34-3/h8,13-15,17,19,23,29H,4-7,9-12H2,1-3H3,(H,28,33)/t17-,23?/m1/s1. The molecule has 1 aliphatic rings. The number of ketones is 1. The smallest absolute Gasteiger partial charge is 0.254 e. The van der Waals surface area contributed by atoms with E-state index in [1.807, 2.05) is 16.8 Å². The molecule has 3 rings (SSSR count). The molecule has 192 valence electrons. The summed E-state index contributed by atoms with van der Waals surface area (Å²) in [5.74, 6) is -0.0626. The molecule has 1 saturated heterocycles. The molecule has 1 unspecified atom stereocenters. The fraction of sp³-hybridized carbons (Fsp3) is 0.560. The van der Waals surface area contributed by atoms with Crippen LogP contribution in [0.2, 0.25) is 10.3 Å². The first-order valence-corrected chi connectivity index (χ1v) is 13.6. The number of piperidine rings is 1. The number of likely N-dealkylation sites (tertiary alicyclic amines) is 1. The van der Waals surface area contributed by atoms with Crippen LogP contribution in [0.25, 0.3) is 0 Å². The zero-order valence-electron chi connectivity index (χ0n) is 20.5. The van der Waals surface area contributed by atoms with Crippen molar-refractivity contribution in [3.8, 4) is 0 Å². The maximum atomic E-state index is 12.8. The number of carbonyl (C=O) groups is 2. The number of pyridine rings is 1. The number of halogens is 2. The maximum absolute atomic E-state index is 12.8. The van der Waals surface area contributed by atoms with E-state index in [0.29, 0.717) is 36.7 Å². The highest BCUT2D eigenvalue weighted by atomic mass is 35.5. The number of methoxy groups -OCH3 is 1. The van der Waals surface area contributed by atoms with Crippen molar-refractivity contribution in [2.75, 3.05) is 33.4 Å². The highest BCUT2D eigenvalue weighted by Gasteiger charge is 2.28. The van der Waals surface area contributed by atoms with Gasteiger partial charge in [0.05, 0.1) is 18.2 Å². The van der Waals surface area contributed by atoms with Crippen molar-refractivity contribution in [3.63, 3.8) is 0 Å². The van der Waals surface area contributed by atoms with Crippen molar-refractivity contribution in [1.82, 2.24) is 20.5 Å². The average Bonchev–Trinajstić information content (AvgIpc) is 3.35. The Morgan fingerprint density at radius 2 is 2.06 bits per heavy atom. The van der Waals surface area contributed by atoms with Crippen LogP contribution in [0.4, 0.5) is 0 Å². The number of ether oxygens (including phenoxy) is 1. The van der Waals surface area contributed by atoms with Crippen LogP contribution in [0.3, 0.4) is 0 Å². The monoisotopic (exact) mass is 540 g/mol. The molecule has 0 aromatic carbocycles. The topological polar surface area (TPSA) is 83.6 Å². The average molecular weight is 542 g/mol. The molecule has 1 fully saturated rings. The summed E-state index contributed by atoms with van der Waals surface area (Å²) in [6.07, 6.45) is 3.18. The highest BCUT2D eigenvalue weighted by Crippen LogP contribution is 2.24. The van der Waals surface area contributed by atoms with E-state index in [1.165, 1.54) is 0 Å². The Morgan fingerprint density at radius 3 is 2.69 bits per heavy atom. The first-order chi connectivity index (χ1) is 16.8. The molecular weight excluding hydrogens is 507 g/mol. The molecule has 10 heteroatoms. The lowest BCUT2D eigenvalue weighted by Gasteiger charge is -2.37. The van der Waals surface area contributed by atoms with Crippen molar-refractivity contribution >= 4 is 46.2 Å². The van der Waals surface area contributed by atoms with Gasteiger partial charge < -0.3 is 20.3 Å². The lowest BCUT2D eigenvalue weighted by Crippen LogP contribution is -2.48. The Hall–Kier alpha value is -1.55. The van der Waals surface area contributed by atoms with E-state index in [9.17, 15) is 9.59 Å². The molecule has 35 heavy (non-hydrogen) atoms. The molecule has 1 amide bonds. The number of aryl methyl sites for hydroxylation is 1. The Bertz CT molecular complexity index is 958. The van der Waals surface area contributed by atoms with Gasteiger partial charge in [0.25, 0.3) is 5.91 Å². The van der Waals surface area contributed by atoms with Crippen molar-refractivity contribution < 1.29 is 14.3 Å². The summed E-state index contributed by atoms with van der Waals surface area (Å²) in [6, 6.07) is 3.99. The molecule has 2 aromatic rings. The Labute approximate surface area is 221 Å². The van der Waals surface area contributed by atoms with Gasteiger partial charge in [0.2, 0.25) is 0 Å². The number of Topliss-reactive ketones (excluding diaryl/α,β-unsaturated/α-hetero) is 1. The van der Waals surface area contributed by atoms with Crippen LogP contribution < -0.4 is 10.6 Å². The van der Waals surface area contributed by atoms with Gasteiger partial charge in [0.15, 0.2) is 5.78 Å². The van der Waals surface area contributed by atoms with Crippen LogP contribution in [-0.2, 0) is 9.53 Å². The largest absolute Gasteiger partial charge is 0.384 e. The van der Waals surface area contributed by atoms with Gasteiger partial charge >= 0.3 is 0 Å². The summed E-state index contributed by atoms with van der Waals surface area (Å²) in [7, 11) is 1.62. The van der Waals surface area contributed by atoms with Crippen LogP contribution in [-0.4, -0.2) is 67.0 Å². The summed E-state index contributed by atoms with van der Waals surface area (Å²) >= 11 is 13.6. The molecule has 0 bridgehead atoms. The van der Waals surface area contributed by atoms with Crippen LogP contribution in [0.5, 0.6) is 0 Å². The number of nitrogens with zero attached hydrogens (tertiary/aromatic N) is 2. The first-order valence-electron chi connectivity index (χ1n) is 11.9. The Balaban J connectivity index is 1.45. The van der Waals surface area contributed by atoms with Gasteiger partial charge in [-0.1, -0.05) is 23.2 Å². The minimum Gasteiger partial charge on any atom is -0.384 e. The maximum Gasteiger partial charge on any atom is 0.254 e. The second-order valence-corrected chi connectivity index (χ2v) is 10.5. The molecule has 2 aromatic heterocycles. The third kappa shape index (κ3) is 7.97.